The van der Waals surface area contributed by atoms with Crippen LogP contribution in [-0.2, 0) is 11.3 Å². The van der Waals surface area contributed by atoms with Gasteiger partial charge in [0, 0.05) is 11.9 Å². The van der Waals surface area contributed by atoms with Crippen LogP contribution in [0.4, 0.5) is 11.6 Å². The van der Waals surface area contributed by atoms with E-state index < -0.39 is 0 Å². The van der Waals surface area contributed by atoms with Gasteiger partial charge in [-0.25, -0.2) is 4.98 Å². The van der Waals surface area contributed by atoms with Gasteiger partial charge in [0.25, 0.3) is 0 Å². The third-order valence-electron chi connectivity index (χ3n) is 2.12. The minimum absolute atomic E-state index is 0.118. The molecule has 2 aromatic rings. The highest BCUT2D eigenvalue weighted by molar-refractivity contribution is 5.89. The van der Waals surface area contributed by atoms with Gasteiger partial charge in [0.2, 0.25) is 5.91 Å². The number of aryl methyl sites for hydroxylation is 1. The molecule has 88 valence electrons. The molecule has 0 fully saturated rings. The molecular formula is C11H13N5O. The summed E-state index contributed by atoms with van der Waals surface area (Å²) in [7, 11) is 0. The number of carbonyl (C=O) groups is 1. The summed E-state index contributed by atoms with van der Waals surface area (Å²) in [6, 6.07) is 7.08. The summed E-state index contributed by atoms with van der Waals surface area (Å²) in [6.45, 7) is 1.98. The number of rotatable bonds is 3. The third kappa shape index (κ3) is 3.04. The lowest BCUT2D eigenvalue weighted by Gasteiger charge is -2.04. The van der Waals surface area contributed by atoms with Crippen molar-refractivity contribution in [1.29, 1.82) is 0 Å². The highest BCUT2D eigenvalue weighted by Crippen LogP contribution is 2.04. The van der Waals surface area contributed by atoms with E-state index >= 15 is 0 Å². The van der Waals surface area contributed by atoms with Crippen LogP contribution in [0, 0.1) is 6.92 Å². The van der Waals surface area contributed by atoms with Crippen LogP contribution in [0.15, 0.2) is 30.5 Å². The second-order valence-corrected chi connectivity index (χ2v) is 3.65. The number of nitrogen functional groups attached to an aromatic ring is 1. The molecular weight excluding hydrogens is 218 g/mol. The van der Waals surface area contributed by atoms with Crippen molar-refractivity contribution in [2.75, 3.05) is 11.1 Å². The van der Waals surface area contributed by atoms with Crippen molar-refractivity contribution in [3.8, 4) is 0 Å². The number of nitrogens with two attached hydrogens (primary N) is 1. The van der Waals surface area contributed by atoms with Crippen LogP contribution in [0.25, 0.3) is 0 Å². The van der Waals surface area contributed by atoms with Gasteiger partial charge in [-0.2, -0.15) is 5.10 Å². The monoisotopic (exact) mass is 231 g/mol. The van der Waals surface area contributed by atoms with E-state index in [-0.39, 0.29) is 12.5 Å². The number of carbonyl (C=O) groups excluding carboxylic acids is 1. The molecule has 0 atom stereocenters. The van der Waals surface area contributed by atoms with Gasteiger partial charge in [-0.1, -0.05) is 6.07 Å². The first kappa shape index (κ1) is 11.1. The van der Waals surface area contributed by atoms with Crippen LogP contribution in [0.3, 0.4) is 0 Å². The Morgan fingerprint density at radius 1 is 1.47 bits per heavy atom. The van der Waals surface area contributed by atoms with Crippen molar-refractivity contribution in [2.45, 2.75) is 13.5 Å². The lowest BCUT2D eigenvalue weighted by atomic mass is 10.4. The maximum absolute atomic E-state index is 11.6. The quantitative estimate of drug-likeness (QED) is 0.818. The van der Waals surface area contributed by atoms with Crippen LogP contribution < -0.4 is 11.1 Å². The van der Waals surface area contributed by atoms with Gasteiger partial charge >= 0.3 is 0 Å². The zero-order chi connectivity index (χ0) is 12.3. The van der Waals surface area contributed by atoms with E-state index in [0.717, 1.165) is 5.69 Å². The predicted molar refractivity (Wildman–Crippen MR) is 64.2 cm³/mol. The van der Waals surface area contributed by atoms with Gasteiger partial charge in [0.1, 0.15) is 18.2 Å². The molecule has 0 bridgehead atoms. The molecule has 2 aromatic heterocycles. The molecule has 2 heterocycles. The van der Waals surface area contributed by atoms with Gasteiger partial charge in [0.05, 0.1) is 0 Å². The van der Waals surface area contributed by atoms with E-state index in [9.17, 15) is 4.79 Å². The fourth-order valence-electron chi connectivity index (χ4n) is 1.41. The average molecular weight is 231 g/mol. The number of nitrogens with one attached hydrogen (secondary N) is 1. The first-order valence-electron chi connectivity index (χ1n) is 5.16. The fraction of sp³-hybridized carbons (Fsp3) is 0.182. The first-order chi connectivity index (χ1) is 8.13. The van der Waals surface area contributed by atoms with E-state index in [0.29, 0.717) is 11.6 Å². The van der Waals surface area contributed by atoms with Crippen LogP contribution in [0.1, 0.15) is 5.69 Å². The largest absolute Gasteiger partial charge is 0.382 e. The molecule has 6 heteroatoms. The maximum atomic E-state index is 11.6. The van der Waals surface area contributed by atoms with E-state index in [1.165, 1.54) is 4.68 Å². The number of pyridine rings is 1. The van der Waals surface area contributed by atoms with Crippen LogP contribution >= 0.6 is 0 Å². The molecule has 0 unspecified atom stereocenters. The highest BCUT2D eigenvalue weighted by atomic mass is 16.2. The Balaban J connectivity index is 1.98. The molecule has 1 amide bonds. The molecule has 0 saturated heterocycles. The summed E-state index contributed by atoms with van der Waals surface area (Å²) in [5.74, 6) is 0.743. The molecule has 0 radical (unpaired) electrons. The van der Waals surface area contributed by atoms with Gasteiger partial charge in [-0.3, -0.25) is 9.48 Å². The van der Waals surface area contributed by atoms with Crippen molar-refractivity contribution in [2.24, 2.45) is 0 Å². The van der Waals surface area contributed by atoms with Crippen LogP contribution in [0.5, 0.6) is 0 Å². The van der Waals surface area contributed by atoms with Crippen molar-refractivity contribution in [3.05, 3.63) is 36.2 Å². The highest BCUT2D eigenvalue weighted by Gasteiger charge is 2.05. The Morgan fingerprint density at radius 3 is 2.94 bits per heavy atom. The minimum Gasteiger partial charge on any atom is -0.382 e. The molecule has 0 saturated carbocycles. The Labute approximate surface area is 98.5 Å². The fourth-order valence-corrected chi connectivity index (χ4v) is 1.41. The molecule has 6 nitrogen and oxygen atoms in total. The molecule has 0 aromatic carbocycles. The summed E-state index contributed by atoms with van der Waals surface area (Å²) in [4.78, 5) is 15.8. The number of amides is 1. The second kappa shape index (κ2) is 4.65. The molecule has 2 rings (SSSR count). The second-order valence-electron chi connectivity index (χ2n) is 3.65. The number of nitrogens with zero attached hydrogens (tertiary/aromatic N) is 3. The van der Waals surface area contributed by atoms with Gasteiger partial charge in [-0.05, 0) is 25.1 Å². The number of anilines is 2. The van der Waals surface area contributed by atoms with E-state index in [1.807, 2.05) is 19.1 Å². The van der Waals surface area contributed by atoms with E-state index in [2.05, 4.69) is 15.4 Å². The lowest BCUT2D eigenvalue weighted by molar-refractivity contribution is -0.116. The van der Waals surface area contributed by atoms with Gasteiger partial charge < -0.3 is 11.1 Å². The molecule has 17 heavy (non-hydrogen) atoms. The normalized spacial score (nSPS) is 10.2. The Bertz CT molecular complexity index is 534. The maximum Gasteiger partial charge on any atom is 0.247 e. The van der Waals surface area contributed by atoms with Gasteiger partial charge in [0.15, 0.2) is 0 Å². The molecule has 0 spiro atoms. The molecule has 0 aliphatic rings. The zero-order valence-corrected chi connectivity index (χ0v) is 9.42. The van der Waals surface area contributed by atoms with Crippen molar-refractivity contribution in [1.82, 2.24) is 14.8 Å². The summed E-state index contributed by atoms with van der Waals surface area (Å²) in [6.07, 6.45) is 1.65. The Kier molecular flexibility index (Phi) is 3.04. The Morgan fingerprint density at radius 2 is 2.29 bits per heavy atom. The smallest absolute Gasteiger partial charge is 0.247 e. The lowest BCUT2D eigenvalue weighted by Crippen LogP contribution is -2.19. The van der Waals surface area contributed by atoms with E-state index in [4.69, 9.17) is 5.73 Å². The van der Waals surface area contributed by atoms with Crippen molar-refractivity contribution >= 4 is 17.5 Å². The number of aromatic nitrogens is 3. The average Bonchev–Trinajstić information content (AvgIpc) is 2.63. The minimum atomic E-state index is -0.189. The number of hydrogen-bond donors (Lipinski definition) is 2. The van der Waals surface area contributed by atoms with Gasteiger partial charge in [-0.15, -0.1) is 0 Å². The summed E-state index contributed by atoms with van der Waals surface area (Å²) in [5.41, 5.74) is 6.30. The topological polar surface area (TPSA) is 85.8 Å². The van der Waals surface area contributed by atoms with Crippen molar-refractivity contribution in [3.63, 3.8) is 0 Å². The van der Waals surface area contributed by atoms with Crippen LogP contribution in [-0.4, -0.2) is 20.7 Å². The number of hydrogen-bond acceptors (Lipinski definition) is 4. The first-order valence-corrected chi connectivity index (χ1v) is 5.16. The summed E-state index contributed by atoms with van der Waals surface area (Å²) < 4.78 is 1.47. The van der Waals surface area contributed by atoms with Crippen molar-refractivity contribution < 1.29 is 4.79 Å². The SMILES string of the molecule is Cc1cccc(NC(=O)Cn2ccc(N)n2)n1. The summed E-state index contributed by atoms with van der Waals surface area (Å²) >= 11 is 0. The Hall–Kier alpha value is -2.37. The van der Waals surface area contributed by atoms with Crippen LogP contribution in [0.2, 0.25) is 0 Å². The third-order valence-corrected chi connectivity index (χ3v) is 2.12. The predicted octanol–water partition coefficient (Wildman–Crippen LogP) is 0.807. The zero-order valence-electron chi connectivity index (χ0n) is 9.42. The molecule has 3 N–H and O–H groups in total. The van der Waals surface area contributed by atoms with E-state index in [1.54, 1.807) is 18.3 Å². The standard InChI is InChI=1S/C11H13N5O/c1-8-3-2-4-10(13-8)14-11(17)7-16-6-5-9(12)15-16/h2-6H,7H2,1H3,(H2,12,15)(H,13,14,17). The molecule has 0 aliphatic heterocycles. The summed E-state index contributed by atoms with van der Waals surface area (Å²) in [5, 5.41) is 6.61. The molecule has 0 aliphatic carbocycles.